The molecule has 2 aliphatic rings. The van der Waals surface area contributed by atoms with Gasteiger partial charge in [-0.15, -0.1) is 11.3 Å². The van der Waals surface area contributed by atoms with Crippen LogP contribution in [0.15, 0.2) is 24.3 Å². The number of nitrogens with one attached hydrogen (secondary N) is 2. The second kappa shape index (κ2) is 7.33. The molecular formula is C20H22N2O4S2. The van der Waals surface area contributed by atoms with Gasteiger partial charge < -0.3 is 10.6 Å². The van der Waals surface area contributed by atoms with E-state index in [1.165, 1.54) is 11.3 Å². The molecule has 1 atom stereocenters. The van der Waals surface area contributed by atoms with E-state index < -0.39 is 9.84 Å². The molecule has 1 unspecified atom stereocenters. The first-order chi connectivity index (χ1) is 13.3. The first-order valence-corrected chi connectivity index (χ1v) is 12.0. The second-order valence-electron chi connectivity index (χ2n) is 7.40. The Morgan fingerprint density at radius 3 is 2.64 bits per heavy atom. The van der Waals surface area contributed by atoms with Gasteiger partial charge in [-0.1, -0.05) is 18.2 Å². The third kappa shape index (κ3) is 3.71. The Morgan fingerprint density at radius 1 is 1.14 bits per heavy atom. The minimum absolute atomic E-state index is 0.0179. The van der Waals surface area contributed by atoms with Gasteiger partial charge in [-0.25, -0.2) is 8.42 Å². The number of hydrogen-bond acceptors (Lipinski definition) is 5. The van der Waals surface area contributed by atoms with Crippen LogP contribution in [0.3, 0.4) is 0 Å². The van der Waals surface area contributed by atoms with Gasteiger partial charge in [0.2, 0.25) is 0 Å². The number of hydrogen-bond donors (Lipinski definition) is 2. The van der Waals surface area contributed by atoms with Crippen molar-refractivity contribution in [1.29, 1.82) is 0 Å². The van der Waals surface area contributed by atoms with E-state index in [0.717, 1.165) is 35.3 Å². The second-order valence-corrected chi connectivity index (χ2v) is 10.7. The quantitative estimate of drug-likeness (QED) is 0.799. The maximum absolute atomic E-state index is 13.0. The molecule has 1 aliphatic carbocycles. The smallest absolute Gasteiger partial charge is 0.256 e. The van der Waals surface area contributed by atoms with Crippen LogP contribution in [0.5, 0.6) is 0 Å². The third-order valence-electron chi connectivity index (χ3n) is 5.33. The van der Waals surface area contributed by atoms with Crippen molar-refractivity contribution in [2.24, 2.45) is 0 Å². The fourth-order valence-electron chi connectivity index (χ4n) is 3.90. The lowest BCUT2D eigenvalue weighted by molar-refractivity contribution is 0.0941. The van der Waals surface area contributed by atoms with Gasteiger partial charge >= 0.3 is 0 Å². The molecule has 6 nitrogen and oxygen atoms in total. The van der Waals surface area contributed by atoms with Crippen molar-refractivity contribution in [1.82, 2.24) is 5.32 Å². The van der Waals surface area contributed by atoms with Crippen LogP contribution in [-0.4, -0.2) is 37.8 Å². The number of thiophene rings is 1. The molecule has 1 aliphatic heterocycles. The first-order valence-electron chi connectivity index (χ1n) is 9.37. The Kier molecular flexibility index (Phi) is 5.01. The van der Waals surface area contributed by atoms with E-state index >= 15 is 0 Å². The topological polar surface area (TPSA) is 92.3 Å². The number of carbonyl (C=O) groups is 2. The van der Waals surface area contributed by atoms with Crippen LogP contribution < -0.4 is 10.6 Å². The molecule has 0 bridgehead atoms. The summed E-state index contributed by atoms with van der Waals surface area (Å²) in [6.07, 6.45) is 3.13. The molecule has 28 heavy (non-hydrogen) atoms. The summed E-state index contributed by atoms with van der Waals surface area (Å²) >= 11 is 1.45. The van der Waals surface area contributed by atoms with E-state index in [9.17, 15) is 18.0 Å². The number of aryl methyl sites for hydroxylation is 2. The molecule has 2 heterocycles. The molecule has 1 aromatic heterocycles. The molecule has 2 aromatic rings. The molecule has 2 N–H and O–H groups in total. The normalized spacial score (nSPS) is 20.0. The Balaban J connectivity index is 1.60. The molecule has 1 aromatic carbocycles. The molecule has 148 valence electrons. The van der Waals surface area contributed by atoms with Crippen molar-refractivity contribution in [3.8, 4) is 0 Å². The van der Waals surface area contributed by atoms with Gasteiger partial charge in [0, 0.05) is 16.5 Å². The third-order valence-corrected chi connectivity index (χ3v) is 8.31. The molecule has 8 heteroatoms. The minimum atomic E-state index is -3.07. The Bertz CT molecular complexity index is 1060. The molecule has 0 radical (unpaired) electrons. The summed E-state index contributed by atoms with van der Waals surface area (Å²) in [5.74, 6) is -0.441. The van der Waals surface area contributed by atoms with Crippen LogP contribution in [0.1, 0.15) is 49.6 Å². The Morgan fingerprint density at radius 2 is 1.93 bits per heavy atom. The van der Waals surface area contributed by atoms with E-state index in [1.54, 1.807) is 6.07 Å². The summed E-state index contributed by atoms with van der Waals surface area (Å²) < 4.78 is 23.4. The largest absolute Gasteiger partial charge is 0.348 e. The predicted molar refractivity (Wildman–Crippen MR) is 110 cm³/mol. The number of benzene rings is 1. The first kappa shape index (κ1) is 19.1. The monoisotopic (exact) mass is 418 g/mol. The lowest BCUT2D eigenvalue weighted by Gasteiger charge is -2.13. The highest BCUT2D eigenvalue weighted by Gasteiger charge is 2.32. The van der Waals surface area contributed by atoms with Crippen molar-refractivity contribution in [2.45, 2.75) is 38.6 Å². The molecule has 0 spiro atoms. The van der Waals surface area contributed by atoms with Crippen LogP contribution in [0, 0.1) is 6.92 Å². The highest BCUT2D eigenvalue weighted by atomic mass is 32.2. The zero-order valence-corrected chi connectivity index (χ0v) is 17.2. The number of anilines is 1. The summed E-state index contributed by atoms with van der Waals surface area (Å²) in [7, 11) is -3.07. The highest BCUT2D eigenvalue weighted by molar-refractivity contribution is 7.91. The van der Waals surface area contributed by atoms with Crippen LogP contribution in [0.2, 0.25) is 0 Å². The van der Waals surface area contributed by atoms with E-state index in [0.29, 0.717) is 22.5 Å². The average Bonchev–Trinajstić information content (AvgIpc) is 3.29. The number of carbonyl (C=O) groups excluding carboxylic acids is 2. The average molecular weight is 419 g/mol. The van der Waals surface area contributed by atoms with Crippen molar-refractivity contribution in [3.63, 3.8) is 0 Å². The maximum Gasteiger partial charge on any atom is 0.256 e. The van der Waals surface area contributed by atoms with Gasteiger partial charge in [-0.2, -0.15) is 0 Å². The van der Waals surface area contributed by atoms with Crippen LogP contribution in [0.4, 0.5) is 5.00 Å². The zero-order valence-electron chi connectivity index (χ0n) is 15.6. The van der Waals surface area contributed by atoms with E-state index in [4.69, 9.17) is 0 Å². The number of fused-ring (bicyclic) bond motifs is 1. The highest BCUT2D eigenvalue weighted by Crippen LogP contribution is 2.39. The van der Waals surface area contributed by atoms with E-state index in [2.05, 4.69) is 10.6 Å². The van der Waals surface area contributed by atoms with Crippen LogP contribution in [-0.2, 0) is 22.7 Å². The van der Waals surface area contributed by atoms with Crippen molar-refractivity contribution in [3.05, 3.63) is 51.4 Å². The van der Waals surface area contributed by atoms with Gasteiger partial charge in [0.1, 0.15) is 5.00 Å². The lowest BCUT2D eigenvalue weighted by atomic mass is 10.1. The summed E-state index contributed by atoms with van der Waals surface area (Å²) in [4.78, 5) is 26.9. The van der Waals surface area contributed by atoms with E-state index in [1.807, 2.05) is 25.1 Å². The van der Waals surface area contributed by atoms with Crippen LogP contribution in [0.25, 0.3) is 0 Å². The van der Waals surface area contributed by atoms with E-state index in [-0.39, 0.29) is 29.4 Å². The van der Waals surface area contributed by atoms with Crippen molar-refractivity contribution < 1.29 is 18.0 Å². The van der Waals surface area contributed by atoms with Crippen molar-refractivity contribution >= 4 is 38.0 Å². The fraction of sp³-hybridized carbons (Fsp3) is 0.400. The lowest BCUT2D eigenvalue weighted by Crippen LogP contribution is -2.36. The summed E-state index contributed by atoms with van der Waals surface area (Å²) in [6, 6.07) is 6.95. The van der Waals surface area contributed by atoms with Gasteiger partial charge in [0.25, 0.3) is 11.8 Å². The predicted octanol–water partition coefficient (Wildman–Crippen LogP) is 2.71. The Hall–Kier alpha value is -2.19. The summed E-state index contributed by atoms with van der Waals surface area (Å²) in [5.41, 5.74) is 2.93. The molecular weight excluding hydrogens is 396 g/mol. The number of rotatable bonds is 4. The van der Waals surface area contributed by atoms with Gasteiger partial charge in [0.05, 0.1) is 17.1 Å². The molecule has 4 rings (SSSR count). The molecule has 1 fully saturated rings. The van der Waals surface area contributed by atoms with Crippen LogP contribution >= 0.6 is 11.3 Å². The maximum atomic E-state index is 13.0. The number of sulfone groups is 1. The molecule has 2 amide bonds. The van der Waals surface area contributed by atoms with Gasteiger partial charge in [-0.3, -0.25) is 9.59 Å². The SMILES string of the molecule is Cc1ccccc1C(=O)Nc1sc2c(c1C(=O)NC1CCS(=O)(=O)C1)CCC2. The fourth-order valence-corrected chi connectivity index (χ4v) is 6.85. The van der Waals surface area contributed by atoms with Gasteiger partial charge in [-0.05, 0) is 49.8 Å². The Labute approximate surface area is 168 Å². The summed E-state index contributed by atoms with van der Waals surface area (Å²) in [6.45, 7) is 1.87. The standard InChI is InChI=1S/C20H22N2O4S2/c1-12-5-2-3-6-14(12)18(23)22-20-17(15-7-4-8-16(15)27-20)19(24)21-13-9-10-28(25,26)11-13/h2-3,5-6,13H,4,7-11H2,1H3,(H,21,24)(H,22,23). The minimum Gasteiger partial charge on any atom is -0.348 e. The molecule has 1 saturated heterocycles. The van der Waals surface area contributed by atoms with Gasteiger partial charge in [0.15, 0.2) is 9.84 Å². The number of amides is 2. The summed E-state index contributed by atoms with van der Waals surface area (Å²) in [5, 5.41) is 6.34. The molecule has 0 saturated carbocycles. The van der Waals surface area contributed by atoms with Crippen molar-refractivity contribution in [2.75, 3.05) is 16.8 Å². The zero-order chi connectivity index (χ0) is 19.9.